The number of carbonyl (C=O) groups is 2. The fraction of sp³-hybridized carbons (Fsp3) is 0.600. The van der Waals surface area contributed by atoms with Gasteiger partial charge < -0.3 is 44.6 Å². The van der Waals surface area contributed by atoms with E-state index in [2.05, 4.69) is 30.4 Å². The lowest BCUT2D eigenvalue weighted by Gasteiger charge is -2.54. The van der Waals surface area contributed by atoms with Gasteiger partial charge in [0.25, 0.3) is 12.3 Å². The van der Waals surface area contributed by atoms with Crippen LogP contribution >= 0.6 is 0 Å². The molecule has 2 bridgehead atoms. The summed E-state index contributed by atoms with van der Waals surface area (Å²) in [5, 5.41) is 41.2. The number of piperidine rings is 2. The predicted octanol–water partition coefficient (Wildman–Crippen LogP) is 4.52. The fourth-order valence-corrected chi connectivity index (χ4v) is 12.6. The quantitative estimate of drug-likeness (QED) is 0.135. The van der Waals surface area contributed by atoms with Gasteiger partial charge in [-0.15, -0.1) is 5.10 Å². The number of anilines is 3. The lowest BCUT2D eigenvalue weighted by Crippen LogP contribution is -2.61. The van der Waals surface area contributed by atoms with Crippen molar-refractivity contribution in [2.24, 2.45) is 11.3 Å². The van der Waals surface area contributed by atoms with Crippen LogP contribution in [0.25, 0.3) is 22.6 Å². The van der Waals surface area contributed by atoms with E-state index in [4.69, 9.17) is 24.7 Å². The van der Waals surface area contributed by atoms with Gasteiger partial charge in [-0.2, -0.15) is 10.2 Å². The van der Waals surface area contributed by atoms with Gasteiger partial charge in [-0.25, -0.2) is 18.3 Å². The van der Waals surface area contributed by atoms with Crippen LogP contribution in [0.2, 0.25) is 0 Å². The molecule has 2 amide bonds. The molecule has 5 aromatic rings. The summed E-state index contributed by atoms with van der Waals surface area (Å²) < 4.78 is 45.9. The summed E-state index contributed by atoms with van der Waals surface area (Å²) in [6.07, 6.45) is 9.97. The molecule has 1 aromatic carbocycles. The van der Waals surface area contributed by atoms with E-state index < -0.39 is 30.5 Å². The van der Waals surface area contributed by atoms with Crippen LogP contribution in [0, 0.1) is 18.3 Å². The molecule has 0 radical (unpaired) electrons. The number of ether oxygens (including phenoxy) is 2. The Kier molecular flexibility index (Phi) is 12.3. The van der Waals surface area contributed by atoms with Crippen molar-refractivity contribution in [3.63, 3.8) is 0 Å². The predicted molar refractivity (Wildman–Crippen MR) is 259 cm³/mol. The number of rotatable bonds is 11. The monoisotopic (exact) mass is 979 g/mol. The molecule has 7 aliphatic rings. The van der Waals surface area contributed by atoms with Crippen LogP contribution in [0.1, 0.15) is 104 Å². The molecule has 6 saturated heterocycles. The molecular weight excluding hydrogens is 917 g/mol. The van der Waals surface area contributed by atoms with Crippen molar-refractivity contribution in [2.45, 2.75) is 108 Å². The third kappa shape index (κ3) is 8.85. The molecule has 1 saturated carbocycles. The lowest BCUT2D eigenvalue weighted by atomic mass is 9.71. The third-order valence-corrected chi connectivity index (χ3v) is 16.5. The third-order valence-electron chi connectivity index (χ3n) is 16.5. The van der Waals surface area contributed by atoms with Gasteiger partial charge in [0.15, 0.2) is 17.2 Å². The van der Waals surface area contributed by atoms with E-state index >= 15 is 0 Å². The first-order valence-corrected chi connectivity index (χ1v) is 25.5. The van der Waals surface area contributed by atoms with Crippen LogP contribution in [-0.2, 0) is 14.3 Å². The largest absolute Gasteiger partial charge is 0.379 e. The fourth-order valence-electron chi connectivity index (χ4n) is 12.6. The Labute approximate surface area is 409 Å². The van der Waals surface area contributed by atoms with Gasteiger partial charge in [-0.05, 0) is 107 Å². The zero-order valence-electron chi connectivity index (χ0n) is 40.1. The molecule has 1 aliphatic carbocycles. The zero-order valence-corrected chi connectivity index (χ0v) is 40.1. The molecule has 6 aliphatic heterocycles. The number of fused-ring (bicyclic) bond motifs is 4. The number of alkyl halides is 2. The number of benzene rings is 1. The van der Waals surface area contributed by atoms with Gasteiger partial charge in [0.05, 0.1) is 60.9 Å². The molecular formula is C50H63F2N13O6. The normalized spacial score (nSPS) is 28.0. The Morgan fingerprint density at radius 3 is 2.52 bits per heavy atom. The molecule has 378 valence electrons. The van der Waals surface area contributed by atoms with Crippen LogP contribution in [0.4, 0.5) is 26.1 Å². The standard InChI is InChI=1S/C50H63F2N13O6/c1-30-42-32(3-2-4-37(42)65(56-30)38-10-11-40(66)55-48(38)68)7-12-41(67)61-28-50(29-61)14-17-59(18-15-50)24-31-5-8-33(9-6-31)64-26-36(44(57-64)45(51)52)53-49(69)43-46-54-39(60-19-21-70-22-20-60)13-16-63(46)58-47(43)62-25-35-23-34(62)27-71-35/h2-4,7,12-13,16,26,31,33-35,38,40,45,48,55,66,68H,5-6,8-11,14-15,17-25,27-29H2,1H3,(H,53,69)/b12-7+/t31?,33?,34-,35-,38-,40-,48-/m1/s1. The summed E-state index contributed by atoms with van der Waals surface area (Å²) in [7, 11) is 0. The van der Waals surface area contributed by atoms with Crippen LogP contribution in [-0.4, -0.2) is 163 Å². The average Bonchev–Trinajstić information content (AvgIpc) is 4.22. The minimum absolute atomic E-state index is 0.00159. The summed E-state index contributed by atoms with van der Waals surface area (Å²) in [4.78, 5) is 41.4. The van der Waals surface area contributed by atoms with Crippen molar-refractivity contribution in [1.29, 1.82) is 0 Å². The number of aliphatic hydroxyl groups excluding tert-OH is 2. The topological polar surface area (TPSA) is 196 Å². The van der Waals surface area contributed by atoms with E-state index in [1.165, 1.54) is 0 Å². The number of aryl methyl sites for hydroxylation is 1. The molecule has 5 atom stereocenters. The van der Waals surface area contributed by atoms with Gasteiger partial charge in [0, 0.05) is 68.5 Å². The molecule has 7 fully saturated rings. The first kappa shape index (κ1) is 46.5. The number of nitrogens with zero attached hydrogens (tertiary/aromatic N) is 11. The summed E-state index contributed by atoms with van der Waals surface area (Å²) >= 11 is 0. The highest BCUT2D eigenvalue weighted by Gasteiger charge is 2.47. The number of hydrogen-bond donors (Lipinski definition) is 4. The van der Waals surface area contributed by atoms with Crippen LogP contribution in [0.15, 0.2) is 42.7 Å². The average molecular weight is 980 g/mol. The van der Waals surface area contributed by atoms with Crippen molar-refractivity contribution < 1.29 is 38.1 Å². The smallest absolute Gasteiger partial charge is 0.284 e. The number of nitrogens with one attached hydrogen (secondary N) is 2. The van der Waals surface area contributed by atoms with Crippen molar-refractivity contribution in [1.82, 2.24) is 49.3 Å². The second kappa shape index (κ2) is 18.8. The Morgan fingerprint density at radius 2 is 1.79 bits per heavy atom. The minimum atomic E-state index is -2.88. The maximum absolute atomic E-state index is 14.7. The Hall–Kier alpha value is -5.58. The molecule has 21 heteroatoms. The van der Waals surface area contributed by atoms with Crippen molar-refractivity contribution in [2.75, 3.05) is 87.3 Å². The van der Waals surface area contributed by atoms with E-state index in [-0.39, 0.29) is 46.8 Å². The maximum atomic E-state index is 14.7. The van der Waals surface area contributed by atoms with Crippen LogP contribution in [0.3, 0.4) is 0 Å². The number of halogens is 2. The Bertz CT molecular complexity index is 2820. The van der Waals surface area contributed by atoms with E-state index in [1.54, 1.807) is 27.7 Å². The minimum Gasteiger partial charge on any atom is -0.379 e. The molecule has 4 N–H and O–H groups in total. The van der Waals surface area contributed by atoms with Crippen LogP contribution in [0.5, 0.6) is 0 Å². The van der Waals surface area contributed by atoms with Crippen molar-refractivity contribution in [3.8, 4) is 0 Å². The molecule has 1 spiro atoms. The summed E-state index contributed by atoms with van der Waals surface area (Å²) in [5.41, 5.74) is 2.90. The van der Waals surface area contributed by atoms with E-state index in [0.717, 1.165) is 99.8 Å². The number of morpholine rings is 2. The number of likely N-dealkylation sites (tertiary alicyclic amines) is 2. The molecule has 0 unspecified atom stereocenters. The highest BCUT2D eigenvalue weighted by molar-refractivity contribution is 6.12. The number of hydrogen-bond acceptors (Lipinski definition) is 14. The maximum Gasteiger partial charge on any atom is 0.284 e. The number of carbonyl (C=O) groups excluding carboxylic acids is 2. The Balaban J connectivity index is 0.646. The van der Waals surface area contributed by atoms with Crippen molar-refractivity contribution >= 4 is 51.8 Å². The summed E-state index contributed by atoms with van der Waals surface area (Å²) in [6, 6.07) is 7.47. The van der Waals surface area contributed by atoms with Crippen molar-refractivity contribution in [3.05, 3.63) is 65.2 Å². The highest BCUT2D eigenvalue weighted by atomic mass is 19.3. The summed E-state index contributed by atoms with van der Waals surface area (Å²) in [6.45, 7) is 10.0. The van der Waals surface area contributed by atoms with Gasteiger partial charge in [-0.1, -0.05) is 12.1 Å². The molecule has 10 heterocycles. The van der Waals surface area contributed by atoms with Crippen LogP contribution < -0.4 is 20.4 Å². The van der Waals surface area contributed by atoms with Gasteiger partial charge in [0.1, 0.15) is 23.8 Å². The van der Waals surface area contributed by atoms with E-state index in [1.807, 2.05) is 46.8 Å². The highest BCUT2D eigenvalue weighted by Crippen LogP contribution is 2.43. The van der Waals surface area contributed by atoms with E-state index in [9.17, 15) is 28.6 Å². The zero-order chi connectivity index (χ0) is 48.5. The van der Waals surface area contributed by atoms with Gasteiger partial charge in [0.2, 0.25) is 5.91 Å². The lowest BCUT2D eigenvalue weighted by molar-refractivity contribution is -0.141. The van der Waals surface area contributed by atoms with Gasteiger partial charge in [-0.3, -0.25) is 24.3 Å². The number of amides is 2. The second-order valence-electron chi connectivity index (χ2n) is 21.1. The molecule has 19 nitrogen and oxygen atoms in total. The number of aromatic nitrogens is 7. The Morgan fingerprint density at radius 1 is 0.986 bits per heavy atom. The molecule has 12 rings (SSSR count). The second-order valence-corrected chi connectivity index (χ2v) is 21.1. The van der Waals surface area contributed by atoms with E-state index in [0.29, 0.717) is 75.5 Å². The molecule has 4 aromatic heterocycles. The summed E-state index contributed by atoms with van der Waals surface area (Å²) in [5.74, 6) is 1.10. The van der Waals surface area contributed by atoms with Gasteiger partial charge >= 0.3 is 0 Å². The first-order valence-electron chi connectivity index (χ1n) is 25.5. The SMILES string of the molecule is Cc1nn([C@@H]2CC[C@@H](O)N[C@@H]2O)c2cccc(/C=C/C(=O)N3CC4(CCN(CC5CCC(n6cc(NC(=O)c7c(N8C[C@H]9C[C@@H]8CO9)nn8ccc(N9CCOCC9)nc78)c(C(F)F)n6)CC5)CC4)C3)c12. The first-order chi connectivity index (χ1) is 34.5. The number of aliphatic hydroxyl groups is 2. The molecule has 71 heavy (non-hydrogen) atoms.